The number of carbonyl (C=O) groups excluding carboxylic acids is 2. The standard InChI is InChI=1S/C57H61ClF2N10O5/c1-66(2)41-16-19-45-53(33-41)75-54-34-42(67(3)4)17-20-46(54)55(45)44-18-13-38(30-48(44)56(71)72)52-36-70(65-63-52)27-11-7-10-26-69-35-40(62-64-69)12-8-5-6-9-25-68-28-23-43(24-29-68)74-57(73)61-51-22-15-39(59)32-47(51)37-14-21-50(60)49(58)31-37/h13-22,30-36,43H,5-12,23-29H2,1-4H3,(H-,61,71,72,73). The molecular formula is C57H61ClF2N10O5. The van der Waals surface area contributed by atoms with Crippen molar-refractivity contribution in [2.45, 2.75) is 83.4 Å². The summed E-state index contributed by atoms with van der Waals surface area (Å²) in [4.78, 5) is 30.1. The second-order valence-electron chi connectivity index (χ2n) is 19.6. The first-order valence-corrected chi connectivity index (χ1v) is 25.9. The van der Waals surface area contributed by atoms with Gasteiger partial charge < -0.3 is 28.9 Å². The van der Waals surface area contributed by atoms with Crippen molar-refractivity contribution in [1.82, 2.24) is 39.5 Å². The third-order valence-electron chi connectivity index (χ3n) is 13.8. The van der Waals surface area contributed by atoms with E-state index in [2.05, 4.69) is 30.8 Å². The summed E-state index contributed by atoms with van der Waals surface area (Å²) >= 11 is 5.96. The molecule has 1 N–H and O–H groups in total. The Bertz CT molecular complexity index is 3360. The van der Waals surface area contributed by atoms with Crippen molar-refractivity contribution in [3.8, 4) is 44.8 Å². The Balaban J connectivity index is 0.679. The van der Waals surface area contributed by atoms with Gasteiger partial charge in [0.05, 0.1) is 34.6 Å². The van der Waals surface area contributed by atoms with Crippen molar-refractivity contribution in [3.05, 3.63) is 137 Å². The molecule has 0 spiro atoms. The summed E-state index contributed by atoms with van der Waals surface area (Å²) < 4.78 is 45.8. The zero-order valence-electron chi connectivity index (χ0n) is 42.7. The van der Waals surface area contributed by atoms with Gasteiger partial charge in [-0.2, -0.15) is 0 Å². The number of amides is 1. The number of aromatic nitrogens is 6. The van der Waals surface area contributed by atoms with Crippen LogP contribution in [0.4, 0.5) is 25.0 Å². The average molecular weight is 1040 g/mol. The molecule has 1 saturated heterocycles. The molecule has 18 heteroatoms. The number of hydrogen-bond donors (Lipinski definition) is 1. The normalized spacial score (nSPS) is 13.2. The minimum atomic E-state index is -1.29. The van der Waals surface area contributed by atoms with Gasteiger partial charge in [-0.05, 0) is 124 Å². The predicted molar refractivity (Wildman–Crippen MR) is 285 cm³/mol. The van der Waals surface area contributed by atoms with Gasteiger partial charge in [0.25, 0.3) is 0 Å². The lowest BCUT2D eigenvalue weighted by Gasteiger charge is -2.31. The molecule has 1 fully saturated rings. The van der Waals surface area contributed by atoms with Crippen LogP contribution in [-0.2, 0) is 24.2 Å². The Kier molecular flexibility index (Phi) is 16.6. The van der Waals surface area contributed by atoms with Gasteiger partial charge in [-0.1, -0.05) is 53.1 Å². The van der Waals surface area contributed by atoms with Crippen LogP contribution in [0.2, 0.25) is 5.02 Å². The van der Waals surface area contributed by atoms with Crippen LogP contribution in [0, 0.1) is 11.6 Å². The minimum Gasteiger partial charge on any atom is -0.545 e. The van der Waals surface area contributed by atoms with Crippen molar-refractivity contribution >= 4 is 46.0 Å². The highest BCUT2D eigenvalue weighted by Gasteiger charge is 2.24. The highest BCUT2D eigenvalue weighted by molar-refractivity contribution is 6.31. The van der Waals surface area contributed by atoms with E-state index in [4.69, 9.17) is 20.8 Å². The molecule has 4 aromatic carbocycles. The van der Waals surface area contributed by atoms with Gasteiger partial charge in [-0.25, -0.2) is 18.2 Å². The summed E-state index contributed by atoms with van der Waals surface area (Å²) in [5.74, 6) is -1.72. The molecule has 0 saturated carbocycles. The number of ether oxygens (including phenoxy) is 1. The molecule has 15 nitrogen and oxygen atoms in total. The number of halogens is 3. The Morgan fingerprint density at radius 1 is 0.787 bits per heavy atom. The van der Waals surface area contributed by atoms with E-state index < -0.39 is 23.7 Å². The maximum Gasteiger partial charge on any atom is 0.411 e. The number of carboxylic acid groups (broad SMARTS) is 1. The molecule has 1 aliphatic carbocycles. The van der Waals surface area contributed by atoms with Gasteiger partial charge in [0.2, 0.25) is 5.36 Å². The zero-order valence-corrected chi connectivity index (χ0v) is 43.5. The third kappa shape index (κ3) is 12.9. The lowest BCUT2D eigenvalue weighted by Crippen LogP contribution is -2.38. The first-order valence-electron chi connectivity index (χ1n) is 25.5. The second kappa shape index (κ2) is 23.8. The topological polar surface area (TPSA) is 163 Å². The molecular weight excluding hydrogens is 978 g/mol. The molecule has 1 amide bonds. The number of rotatable bonds is 20. The van der Waals surface area contributed by atoms with Gasteiger partial charge >= 0.3 is 6.09 Å². The largest absolute Gasteiger partial charge is 0.545 e. The van der Waals surface area contributed by atoms with E-state index in [0.717, 1.165) is 124 Å². The van der Waals surface area contributed by atoms with E-state index >= 15 is 0 Å². The van der Waals surface area contributed by atoms with Crippen molar-refractivity contribution in [3.63, 3.8) is 0 Å². The van der Waals surface area contributed by atoms with Crippen molar-refractivity contribution in [2.24, 2.45) is 0 Å². The molecule has 0 radical (unpaired) electrons. The Labute approximate surface area is 439 Å². The van der Waals surface area contributed by atoms with Crippen molar-refractivity contribution < 1.29 is 32.6 Å². The third-order valence-corrected chi connectivity index (χ3v) is 14.1. The first kappa shape index (κ1) is 52.4. The maximum absolute atomic E-state index is 14.1. The molecule has 3 aliphatic rings. The van der Waals surface area contributed by atoms with Crippen LogP contribution in [0.15, 0.2) is 108 Å². The smallest absolute Gasteiger partial charge is 0.411 e. The number of aryl methyl sites for hydroxylation is 3. The van der Waals surface area contributed by atoms with Crippen LogP contribution in [-0.4, -0.2) is 101 Å². The van der Waals surface area contributed by atoms with Crippen LogP contribution in [0.5, 0.6) is 0 Å². The van der Waals surface area contributed by atoms with Crippen LogP contribution in [0.3, 0.4) is 0 Å². The van der Waals surface area contributed by atoms with E-state index in [-0.39, 0.29) is 16.7 Å². The SMILES string of the molecule is CN(C)c1ccc2c(-c3ccc(-c4cn(CCCCCn5cc(CCCCCCN6CCC(OC(=O)Nc7ccc(F)cc7-c7ccc(F)c(Cl)c7)CC6)nn5)nn4)cc3C(=O)[O-])c3ccc(=[N+](C)C)cc-3oc2c1. The van der Waals surface area contributed by atoms with E-state index in [1.807, 2.05) is 103 Å². The fraction of sp³-hybridized carbons (Fsp3) is 0.351. The molecule has 0 bridgehead atoms. The molecule has 4 heterocycles. The zero-order chi connectivity index (χ0) is 52.6. The summed E-state index contributed by atoms with van der Waals surface area (Å²) in [6, 6.07) is 25.3. The molecule has 390 valence electrons. The molecule has 75 heavy (non-hydrogen) atoms. The Hall–Kier alpha value is -7.50. The van der Waals surface area contributed by atoms with Crippen molar-refractivity contribution in [2.75, 3.05) is 58.0 Å². The number of nitrogens with one attached hydrogen (secondary N) is 1. The highest BCUT2D eigenvalue weighted by Crippen LogP contribution is 2.43. The number of fused-ring (bicyclic) bond motifs is 2. The first-order chi connectivity index (χ1) is 36.3. The maximum atomic E-state index is 14.1. The number of hydrogen-bond acceptors (Lipinski definition) is 11. The molecule has 0 unspecified atom stereocenters. The van der Waals surface area contributed by atoms with Gasteiger partial charge in [0, 0.05) is 97.5 Å². The summed E-state index contributed by atoms with van der Waals surface area (Å²) in [5, 5.41) is 34.8. The van der Waals surface area contributed by atoms with Crippen LogP contribution in [0.1, 0.15) is 73.8 Å². The lowest BCUT2D eigenvalue weighted by molar-refractivity contribution is -0.254. The average Bonchev–Trinajstić information content (AvgIpc) is 4.08. The molecule has 6 aromatic rings. The number of nitrogens with zero attached hydrogens (tertiary/aromatic N) is 9. The number of likely N-dealkylation sites (tertiary alicyclic amines) is 1. The summed E-state index contributed by atoms with van der Waals surface area (Å²) in [5.41, 5.74) is 7.14. The summed E-state index contributed by atoms with van der Waals surface area (Å²) in [7, 11) is 7.86. The number of benzene rings is 5. The van der Waals surface area contributed by atoms with Crippen LogP contribution < -0.4 is 25.3 Å². The Morgan fingerprint density at radius 3 is 2.27 bits per heavy atom. The minimum absolute atomic E-state index is 0.0550. The lowest BCUT2D eigenvalue weighted by atomic mass is 9.89. The fourth-order valence-electron chi connectivity index (χ4n) is 9.70. The van der Waals surface area contributed by atoms with Gasteiger partial charge in [0.15, 0.2) is 0 Å². The van der Waals surface area contributed by atoms with E-state index in [0.29, 0.717) is 51.5 Å². The number of piperidine rings is 1. The number of unbranched alkanes of at least 4 members (excludes halogenated alkanes) is 5. The monoisotopic (exact) mass is 1040 g/mol. The quantitative estimate of drug-likeness (QED) is 0.0439. The van der Waals surface area contributed by atoms with Crippen LogP contribution >= 0.6 is 11.6 Å². The second-order valence-corrected chi connectivity index (χ2v) is 20.0. The molecule has 9 rings (SSSR count). The van der Waals surface area contributed by atoms with E-state index in [1.165, 1.54) is 36.4 Å². The number of anilines is 2. The Morgan fingerprint density at radius 2 is 1.51 bits per heavy atom. The number of aromatic carboxylic acids is 1. The fourth-order valence-corrected chi connectivity index (χ4v) is 9.88. The predicted octanol–water partition coefficient (Wildman–Crippen LogP) is 9.80. The molecule has 2 aliphatic heterocycles. The summed E-state index contributed by atoms with van der Waals surface area (Å²) in [6.45, 7) is 4.11. The van der Waals surface area contributed by atoms with E-state index in [1.54, 1.807) is 10.7 Å². The van der Waals surface area contributed by atoms with Gasteiger partial charge in [-0.15, -0.1) is 10.2 Å². The van der Waals surface area contributed by atoms with Crippen LogP contribution in [0.25, 0.3) is 55.8 Å². The highest BCUT2D eigenvalue weighted by atomic mass is 35.5. The van der Waals surface area contributed by atoms with Gasteiger partial charge in [-0.3, -0.25) is 14.7 Å². The summed E-state index contributed by atoms with van der Waals surface area (Å²) in [6.07, 6.45) is 12.5. The van der Waals surface area contributed by atoms with Gasteiger partial charge in [0.1, 0.15) is 48.9 Å². The number of carbonyl (C=O) groups is 2. The van der Waals surface area contributed by atoms with E-state index in [9.17, 15) is 23.5 Å². The molecule has 0 atom stereocenters. The van der Waals surface area contributed by atoms with Crippen molar-refractivity contribution in [1.29, 1.82) is 0 Å². The molecule has 2 aromatic heterocycles. The number of carboxylic acids is 1.